The molecule has 5 nitrogen and oxygen atoms in total. The lowest BCUT2D eigenvalue weighted by molar-refractivity contribution is -0.142. The highest BCUT2D eigenvalue weighted by Crippen LogP contribution is 2.16. The topological polar surface area (TPSA) is 78.4 Å². The van der Waals surface area contributed by atoms with Crippen molar-refractivity contribution in [3.63, 3.8) is 0 Å². The minimum atomic E-state index is -0.866. The van der Waals surface area contributed by atoms with E-state index < -0.39 is 11.9 Å². The van der Waals surface area contributed by atoms with Crippen LogP contribution in [0.15, 0.2) is 12.1 Å². The number of carboxylic acid groups (broad SMARTS) is 1. The van der Waals surface area contributed by atoms with E-state index >= 15 is 0 Å². The maximum Gasteiger partial charge on any atom is 0.315 e. The van der Waals surface area contributed by atoms with E-state index in [0.29, 0.717) is 13.0 Å². The van der Waals surface area contributed by atoms with Crippen LogP contribution in [0.2, 0.25) is 0 Å². The van der Waals surface area contributed by atoms with E-state index in [1.807, 2.05) is 19.9 Å². The van der Waals surface area contributed by atoms with Crippen LogP contribution in [0.5, 0.6) is 0 Å². The predicted octanol–water partition coefficient (Wildman–Crippen LogP) is 2.86. The summed E-state index contributed by atoms with van der Waals surface area (Å²) in [5.41, 5.74) is 0. The molecule has 0 aliphatic carbocycles. The van der Waals surface area contributed by atoms with Crippen molar-refractivity contribution in [2.75, 3.05) is 6.54 Å². The first-order valence-electron chi connectivity index (χ1n) is 7.24. The number of carbonyl (C=O) groups is 2. The molecule has 0 fully saturated rings. The standard InChI is InChI=1S/C15H24N2O3S/c1-4-12-5-6-13(21-12)9-17-15(20)16-8-11(14(18)19)7-10(2)3/h5-6,10-11H,4,7-9H2,1-3H3,(H,18,19)(H2,16,17,20). The molecule has 1 heterocycles. The largest absolute Gasteiger partial charge is 0.481 e. The quantitative estimate of drug-likeness (QED) is 0.690. The van der Waals surface area contributed by atoms with E-state index in [-0.39, 0.29) is 18.5 Å². The zero-order valence-corrected chi connectivity index (χ0v) is 13.6. The van der Waals surface area contributed by atoms with Gasteiger partial charge in [0.15, 0.2) is 0 Å². The molecule has 6 heteroatoms. The Hall–Kier alpha value is -1.56. The second-order valence-corrected chi connectivity index (χ2v) is 6.70. The van der Waals surface area contributed by atoms with Crippen LogP contribution in [0, 0.1) is 11.8 Å². The van der Waals surface area contributed by atoms with Gasteiger partial charge >= 0.3 is 12.0 Å². The number of rotatable bonds is 8. The number of carbonyl (C=O) groups excluding carboxylic acids is 1. The summed E-state index contributed by atoms with van der Waals surface area (Å²) in [7, 11) is 0. The lowest BCUT2D eigenvalue weighted by atomic mass is 9.97. The highest BCUT2D eigenvalue weighted by molar-refractivity contribution is 7.11. The van der Waals surface area contributed by atoms with Gasteiger partial charge in [-0.1, -0.05) is 20.8 Å². The third-order valence-electron chi connectivity index (χ3n) is 3.10. The van der Waals surface area contributed by atoms with Gasteiger partial charge in [-0.3, -0.25) is 4.79 Å². The van der Waals surface area contributed by atoms with Gasteiger partial charge in [-0.05, 0) is 30.9 Å². The van der Waals surface area contributed by atoms with E-state index in [1.165, 1.54) is 4.88 Å². The smallest absolute Gasteiger partial charge is 0.315 e. The molecule has 0 spiro atoms. The van der Waals surface area contributed by atoms with Gasteiger partial charge < -0.3 is 15.7 Å². The highest BCUT2D eigenvalue weighted by Gasteiger charge is 2.19. The van der Waals surface area contributed by atoms with Crippen LogP contribution in [0.25, 0.3) is 0 Å². The van der Waals surface area contributed by atoms with Crippen molar-refractivity contribution in [1.82, 2.24) is 10.6 Å². The number of nitrogens with one attached hydrogen (secondary N) is 2. The number of thiophene rings is 1. The molecule has 0 aliphatic rings. The molecule has 0 bridgehead atoms. The molecule has 1 aromatic rings. The van der Waals surface area contributed by atoms with Crippen molar-refractivity contribution in [3.05, 3.63) is 21.9 Å². The average molecular weight is 312 g/mol. The second-order valence-electron chi connectivity index (χ2n) is 5.45. The molecule has 1 atom stereocenters. The molecule has 0 aliphatic heterocycles. The van der Waals surface area contributed by atoms with Crippen LogP contribution in [-0.2, 0) is 17.8 Å². The van der Waals surface area contributed by atoms with Crippen molar-refractivity contribution >= 4 is 23.3 Å². The average Bonchev–Trinajstić information content (AvgIpc) is 2.88. The number of aryl methyl sites for hydroxylation is 1. The molecular formula is C15H24N2O3S. The molecule has 0 saturated carbocycles. The van der Waals surface area contributed by atoms with Crippen LogP contribution in [0.3, 0.4) is 0 Å². The van der Waals surface area contributed by atoms with Crippen molar-refractivity contribution in [2.24, 2.45) is 11.8 Å². The van der Waals surface area contributed by atoms with Crippen LogP contribution in [-0.4, -0.2) is 23.7 Å². The summed E-state index contributed by atoms with van der Waals surface area (Å²) in [5, 5.41) is 14.5. The number of amides is 2. The molecule has 118 valence electrons. The fourth-order valence-electron chi connectivity index (χ4n) is 1.99. The van der Waals surface area contributed by atoms with E-state index in [0.717, 1.165) is 11.3 Å². The van der Waals surface area contributed by atoms with Crippen molar-refractivity contribution in [2.45, 2.75) is 40.2 Å². The molecule has 2 amide bonds. The molecule has 1 rings (SSSR count). The molecule has 0 radical (unpaired) electrons. The summed E-state index contributed by atoms with van der Waals surface area (Å²) in [4.78, 5) is 25.2. The molecule has 1 aromatic heterocycles. The Kier molecular flexibility index (Phi) is 7.22. The second kappa shape index (κ2) is 8.67. The fraction of sp³-hybridized carbons (Fsp3) is 0.600. The van der Waals surface area contributed by atoms with Crippen LogP contribution >= 0.6 is 11.3 Å². The fourth-order valence-corrected chi connectivity index (χ4v) is 2.89. The molecule has 0 aromatic carbocycles. The minimum absolute atomic E-state index is 0.157. The lowest BCUT2D eigenvalue weighted by Crippen LogP contribution is -2.39. The Labute approximate surface area is 129 Å². The zero-order valence-electron chi connectivity index (χ0n) is 12.8. The van der Waals surface area contributed by atoms with E-state index in [4.69, 9.17) is 5.11 Å². The normalized spacial score (nSPS) is 12.2. The van der Waals surface area contributed by atoms with Crippen LogP contribution in [0.4, 0.5) is 4.79 Å². The van der Waals surface area contributed by atoms with Crippen molar-refractivity contribution in [1.29, 1.82) is 0 Å². The highest BCUT2D eigenvalue weighted by atomic mass is 32.1. The summed E-state index contributed by atoms with van der Waals surface area (Å²) >= 11 is 1.68. The van der Waals surface area contributed by atoms with Gasteiger partial charge in [0.2, 0.25) is 0 Å². The first-order valence-corrected chi connectivity index (χ1v) is 8.06. The van der Waals surface area contributed by atoms with Crippen molar-refractivity contribution in [3.8, 4) is 0 Å². The van der Waals surface area contributed by atoms with Gasteiger partial charge in [0.25, 0.3) is 0 Å². The van der Waals surface area contributed by atoms with Gasteiger partial charge in [-0.25, -0.2) is 4.79 Å². The molecule has 1 unspecified atom stereocenters. The van der Waals surface area contributed by atoms with Gasteiger partial charge in [-0.2, -0.15) is 0 Å². The first-order chi connectivity index (χ1) is 9.92. The third-order valence-corrected chi connectivity index (χ3v) is 4.33. The first kappa shape index (κ1) is 17.5. The molecule has 21 heavy (non-hydrogen) atoms. The van der Waals surface area contributed by atoms with Gasteiger partial charge in [0.1, 0.15) is 0 Å². The number of aliphatic carboxylic acids is 1. The summed E-state index contributed by atoms with van der Waals surface area (Å²) in [6.07, 6.45) is 1.55. The summed E-state index contributed by atoms with van der Waals surface area (Å²) in [6, 6.07) is 3.74. The van der Waals surface area contributed by atoms with Crippen molar-refractivity contribution < 1.29 is 14.7 Å². The zero-order chi connectivity index (χ0) is 15.8. The maximum absolute atomic E-state index is 11.7. The number of hydrogen-bond donors (Lipinski definition) is 3. The van der Waals surface area contributed by atoms with E-state index in [2.05, 4.69) is 23.6 Å². The minimum Gasteiger partial charge on any atom is -0.481 e. The van der Waals surface area contributed by atoms with Gasteiger partial charge in [0, 0.05) is 16.3 Å². The Morgan fingerprint density at radius 2 is 1.90 bits per heavy atom. The van der Waals surface area contributed by atoms with Crippen LogP contribution in [0.1, 0.15) is 36.9 Å². The number of carboxylic acids is 1. The summed E-state index contributed by atoms with van der Waals surface area (Å²) in [6.45, 7) is 6.66. The monoisotopic (exact) mass is 312 g/mol. The Morgan fingerprint density at radius 1 is 1.24 bits per heavy atom. The van der Waals surface area contributed by atoms with E-state index in [1.54, 1.807) is 11.3 Å². The lowest BCUT2D eigenvalue weighted by Gasteiger charge is -2.15. The molecule has 0 saturated heterocycles. The SMILES string of the molecule is CCc1ccc(CNC(=O)NCC(CC(C)C)C(=O)O)s1. The number of hydrogen-bond acceptors (Lipinski definition) is 3. The van der Waals surface area contributed by atoms with Gasteiger partial charge in [-0.15, -0.1) is 11.3 Å². The third kappa shape index (κ3) is 6.62. The van der Waals surface area contributed by atoms with Crippen LogP contribution < -0.4 is 10.6 Å². The maximum atomic E-state index is 11.7. The predicted molar refractivity (Wildman–Crippen MR) is 84.5 cm³/mol. The van der Waals surface area contributed by atoms with Gasteiger partial charge in [0.05, 0.1) is 12.5 Å². The summed E-state index contributed by atoms with van der Waals surface area (Å²) < 4.78 is 0. The Balaban J connectivity index is 2.33. The summed E-state index contributed by atoms with van der Waals surface area (Å²) in [5.74, 6) is -1.12. The Morgan fingerprint density at radius 3 is 2.43 bits per heavy atom. The molecule has 3 N–H and O–H groups in total. The number of urea groups is 1. The Bertz CT molecular complexity index is 471. The van der Waals surface area contributed by atoms with E-state index in [9.17, 15) is 9.59 Å². The molecular weight excluding hydrogens is 288 g/mol.